The highest BCUT2D eigenvalue weighted by Gasteiger charge is 2.03. The Morgan fingerprint density at radius 3 is 2.45 bits per heavy atom. The molecule has 60 valence electrons. The van der Waals surface area contributed by atoms with Crippen molar-refractivity contribution in [1.29, 1.82) is 0 Å². The van der Waals surface area contributed by atoms with E-state index >= 15 is 0 Å². The zero-order chi connectivity index (χ0) is 8.43. The third-order valence-corrected chi connectivity index (χ3v) is 1.63. The summed E-state index contributed by atoms with van der Waals surface area (Å²) in [5.41, 5.74) is 0.512. The molecule has 0 spiro atoms. The summed E-state index contributed by atoms with van der Waals surface area (Å²) < 4.78 is 12.9. The Labute approximate surface area is 70.4 Å². The first-order chi connectivity index (χ1) is 5.11. The Kier molecular flexibility index (Phi) is 2.35. The van der Waals surface area contributed by atoms with Gasteiger partial charge in [0.25, 0.3) is 0 Å². The average molecular weight is 174 g/mol. The lowest BCUT2D eigenvalue weighted by Gasteiger charge is -2.12. The van der Waals surface area contributed by atoms with Crippen LogP contribution in [-0.2, 0) is 0 Å². The molecule has 0 amide bonds. The van der Waals surface area contributed by atoms with E-state index in [0.717, 1.165) is 0 Å². The monoisotopic (exact) mass is 173 g/mol. The molecular formula is C8H9ClFN. The van der Waals surface area contributed by atoms with Gasteiger partial charge in [-0.2, -0.15) is 0 Å². The standard InChI is InChI=1S/C8H9ClFN/c1-11(2)8-5-6(9)3-4-7(8)10/h3-5H,1-2H3. The van der Waals surface area contributed by atoms with Crippen molar-refractivity contribution < 1.29 is 4.39 Å². The molecular weight excluding hydrogens is 165 g/mol. The molecule has 1 nitrogen and oxygen atoms in total. The van der Waals surface area contributed by atoms with Crippen LogP contribution in [0.15, 0.2) is 18.2 Å². The van der Waals surface area contributed by atoms with Gasteiger partial charge in [0.15, 0.2) is 0 Å². The summed E-state index contributed by atoms with van der Waals surface area (Å²) in [5.74, 6) is -0.251. The van der Waals surface area contributed by atoms with E-state index < -0.39 is 0 Å². The second-order valence-electron chi connectivity index (χ2n) is 2.49. The highest BCUT2D eigenvalue weighted by atomic mass is 35.5. The SMILES string of the molecule is CN(C)c1cc(Cl)ccc1F. The van der Waals surface area contributed by atoms with Gasteiger partial charge in [-0.1, -0.05) is 11.6 Å². The molecule has 0 radical (unpaired) electrons. The molecule has 11 heavy (non-hydrogen) atoms. The second-order valence-corrected chi connectivity index (χ2v) is 2.93. The van der Waals surface area contributed by atoms with E-state index in [4.69, 9.17) is 11.6 Å². The van der Waals surface area contributed by atoms with Crippen molar-refractivity contribution in [2.45, 2.75) is 0 Å². The fourth-order valence-electron chi connectivity index (χ4n) is 0.829. The zero-order valence-corrected chi connectivity index (χ0v) is 7.19. The van der Waals surface area contributed by atoms with Crippen molar-refractivity contribution in [2.24, 2.45) is 0 Å². The van der Waals surface area contributed by atoms with Gasteiger partial charge in [0, 0.05) is 19.1 Å². The molecule has 0 bridgehead atoms. The van der Waals surface area contributed by atoms with Gasteiger partial charge in [-0.25, -0.2) is 4.39 Å². The Balaban J connectivity index is 3.13. The third kappa shape index (κ3) is 1.84. The number of anilines is 1. The smallest absolute Gasteiger partial charge is 0.146 e. The van der Waals surface area contributed by atoms with Crippen LogP contribution in [0.2, 0.25) is 5.02 Å². The third-order valence-electron chi connectivity index (χ3n) is 1.39. The molecule has 0 aliphatic carbocycles. The molecule has 0 saturated carbocycles. The van der Waals surface area contributed by atoms with Crippen molar-refractivity contribution in [3.05, 3.63) is 29.0 Å². The van der Waals surface area contributed by atoms with Gasteiger partial charge < -0.3 is 4.90 Å². The molecule has 1 rings (SSSR count). The lowest BCUT2D eigenvalue weighted by atomic mass is 10.3. The molecule has 0 atom stereocenters. The summed E-state index contributed by atoms with van der Waals surface area (Å²) in [6.07, 6.45) is 0. The molecule has 0 aromatic heterocycles. The molecule has 3 heteroatoms. The topological polar surface area (TPSA) is 3.24 Å². The summed E-state index contributed by atoms with van der Waals surface area (Å²) in [4.78, 5) is 1.68. The lowest BCUT2D eigenvalue weighted by molar-refractivity contribution is 0.626. The molecule has 0 aliphatic heterocycles. The number of benzene rings is 1. The molecule has 1 aromatic rings. The largest absolute Gasteiger partial charge is 0.375 e. The number of rotatable bonds is 1. The van der Waals surface area contributed by atoms with E-state index in [1.165, 1.54) is 12.1 Å². The maximum atomic E-state index is 12.9. The van der Waals surface area contributed by atoms with Crippen LogP contribution in [0.25, 0.3) is 0 Å². The summed E-state index contributed by atoms with van der Waals surface area (Å²) >= 11 is 5.67. The molecule has 0 fully saturated rings. The zero-order valence-electron chi connectivity index (χ0n) is 6.44. The quantitative estimate of drug-likeness (QED) is 0.631. The Hall–Kier alpha value is -0.760. The van der Waals surface area contributed by atoms with Gasteiger partial charge in [-0.15, -0.1) is 0 Å². The number of hydrogen-bond donors (Lipinski definition) is 0. The molecule has 0 aliphatic rings. The number of nitrogens with zero attached hydrogens (tertiary/aromatic N) is 1. The van der Waals surface area contributed by atoms with E-state index in [-0.39, 0.29) is 5.82 Å². The number of halogens is 2. The maximum Gasteiger partial charge on any atom is 0.146 e. The van der Waals surface area contributed by atoms with Gasteiger partial charge in [-0.05, 0) is 18.2 Å². The first-order valence-electron chi connectivity index (χ1n) is 3.23. The van der Waals surface area contributed by atoms with E-state index in [2.05, 4.69) is 0 Å². The first-order valence-corrected chi connectivity index (χ1v) is 3.61. The summed E-state index contributed by atoms with van der Waals surface area (Å²) in [6.45, 7) is 0. The van der Waals surface area contributed by atoms with Crippen molar-refractivity contribution in [1.82, 2.24) is 0 Å². The van der Waals surface area contributed by atoms with Crippen LogP contribution in [0.1, 0.15) is 0 Å². The van der Waals surface area contributed by atoms with Crippen LogP contribution in [0, 0.1) is 5.82 Å². The second kappa shape index (κ2) is 3.09. The maximum absolute atomic E-state index is 12.9. The van der Waals surface area contributed by atoms with Gasteiger partial charge >= 0.3 is 0 Å². The van der Waals surface area contributed by atoms with Crippen LogP contribution < -0.4 is 4.90 Å². The lowest BCUT2D eigenvalue weighted by Crippen LogP contribution is -2.10. The predicted molar refractivity (Wildman–Crippen MR) is 45.7 cm³/mol. The van der Waals surface area contributed by atoms with E-state index in [1.54, 1.807) is 25.1 Å². The van der Waals surface area contributed by atoms with Crippen molar-refractivity contribution in [3.63, 3.8) is 0 Å². The predicted octanol–water partition coefficient (Wildman–Crippen LogP) is 2.55. The van der Waals surface area contributed by atoms with Crippen molar-refractivity contribution in [2.75, 3.05) is 19.0 Å². The minimum atomic E-state index is -0.251. The molecule has 0 saturated heterocycles. The normalized spacial score (nSPS) is 9.82. The van der Waals surface area contributed by atoms with E-state index in [0.29, 0.717) is 10.7 Å². The summed E-state index contributed by atoms with van der Waals surface area (Å²) in [7, 11) is 3.55. The highest BCUT2D eigenvalue weighted by Crippen LogP contribution is 2.21. The average Bonchev–Trinajstić information content (AvgIpc) is 1.94. The summed E-state index contributed by atoms with van der Waals surface area (Å²) in [6, 6.07) is 4.48. The molecule has 0 N–H and O–H groups in total. The number of hydrogen-bond acceptors (Lipinski definition) is 1. The van der Waals surface area contributed by atoms with Gasteiger partial charge in [0.1, 0.15) is 5.82 Å². The molecule has 1 aromatic carbocycles. The van der Waals surface area contributed by atoms with Gasteiger partial charge in [0.2, 0.25) is 0 Å². The Morgan fingerprint density at radius 1 is 1.36 bits per heavy atom. The van der Waals surface area contributed by atoms with Crippen LogP contribution in [-0.4, -0.2) is 14.1 Å². The van der Waals surface area contributed by atoms with Gasteiger partial charge in [0.05, 0.1) is 5.69 Å². The minimum absolute atomic E-state index is 0.251. The molecule has 0 heterocycles. The molecule has 0 unspecified atom stereocenters. The van der Waals surface area contributed by atoms with Crippen LogP contribution in [0.3, 0.4) is 0 Å². The Bertz CT molecular complexity index is 260. The fourth-order valence-corrected chi connectivity index (χ4v) is 0.995. The fraction of sp³-hybridized carbons (Fsp3) is 0.250. The summed E-state index contributed by atoms with van der Waals surface area (Å²) in [5, 5.41) is 0.551. The van der Waals surface area contributed by atoms with Crippen LogP contribution >= 0.6 is 11.6 Å². The van der Waals surface area contributed by atoms with Crippen LogP contribution in [0.5, 0.6) is 0 Å². The minimum Gasteiger partial charge on any atom is -0.375 e. The van der Waals surface area contributed by atoms with Crippen LogP contribution in [0.4, 0.5) is 10.1 Å². The van der Waals surface area contributed by atoms with E-state index in [9.17, 15) is 4.39 Å². The van der Waals surface area contributed by atoms with E-state index in [1.807, 2.05) is 0 Å². The Morgan fingerprint density at radius 2 is 2.00 bits per heavy atom. The van der Waals surface area contributed by atoms with Crippen molar-refractivity contribution in [3.8, 4) is 0 Å². The first kappa shape index (κ1) is 8.34. The van der Waals surface area contributed by atoms with Gasteiger partial charge in [-0.3, -0.25) is 0 Å². The highest BCUT2D eigenvalue weighted by molar-refractivity contribution is 6.30. The van der Waals surface area contributed by atoms with Crippen molar-refractivity contribution >= 4 is 17.3 Å².